The van der Waals surface area contributed by atoms with E-state index in [1.807, 2.05) is 6.92 Å². The van der Waals surface area contributed by atoms with E-state index in [0.29, 0.717) is 5.92 Å². The molecule has 2 aliphatic heterocycles. The van der Waals surface area contributed by atoms with Gasteiger partial charge in [0.15, 0.2) is 0 Å². The number of nitrogens with zero attached hydrogens (tertiary/aromatic N) is 2. The van der Waals surface area contributed by atoms with Crippen LogP contribution in [-0.2, 0) is 4.74 Å². The molecule has 3 heterocycles. The van der Waals surface area contributed by atoms with Gasteiger partial charge in [-0.05, 0) is 52.6 Å². The number of anilines is 1. The van der Waals surface area contributed by atoms with Crippen LogP contribution in [0.3, 0.4) is 0 Å². The van der Waals surface area contributed by atoms with E-state index < -0.39 is 0 Å². The minimum absolute atomic E-state index is 0.0478. The van der Waals surface area contributed by atoms with Gasteiger partial charge < -0.3 is 15.4 Å². The molecule has 0 bridgehead atoms. The molecule has 0 unspecified atom stereocenters. The predicted molar refractivity (Wildman–Crippen MR) is 83.7 cm³/mol. The second-order valence-electron chi connectivity index (χ2n) is 6.51. The molecule has 1 aromatic rings. The van der Waals surface area contributed by atoms with Crippen LogP contribution >= 0.6 is 0 Å². The summed E-state index contributed by atoms with van der Waals surface area (Å²) in [6.07, 6.45) is 4.60. The molecule has 2 fully saturated rings. The maximum Gasteiger partial charge on any atom is 0.130 e. The van der Waals surface area contributed by atoms with Gasteiger partial charge in [0, 0.05) is 30.8 Å². The van der Waals surface area contributed by atoms with Crippen LogP contribution in [0, 0.1) is 6.92 Å². The molecule has 0 spiro atoms. The molecule has 21 heavy (non-hydrogen) atoms. The van der Waals surface area contributed by atoms with Gasteiger partial charge in [0.05, 0.1) is 5.60 Å². The molecule has 2 aliphatic rings. The normalized spacial score (nSPS) is 27.0. The summed E-state index contributed by atoms with van der Waals surface area (Å²) in [6.45, 7) is 8.01. The van der Waals surface area contributed by atoms with E-state index >= 15 is 0 Å². The lowest BCUT2D eigenvalue weighted by Crippen LogP contribution is -2.33. The van der Waals surface area contributed by atoms with E-state index in [-0.39, 0.29) is 5.60 Å². The lowest BCUT2D eigenvalue weighted by molar-refractivity contribution is 0.0314. The monoisotopic (exact) mass is 290 g/mol. The molecule has 1 atom stereocenters. The minimum atomic E-state index is -0.0478. The summed E-state index contributed by atoms with van der Waals surface area (Å²) in [5.74, 6) is 2.35. The SMILES string of the molecule is Cc1nc(NC[C@]2(C)CCCO2)cc(C2CCNCC2)n1. The summed E-state index contributed by atoms with van der Waals surface area (Å²) in [5.41, 5.74) is 1.14. The number of aromatic nitrogens is 2. The standard InChI is InChI=1S/C16H26N4O/c1-12-19-14(13-4-7-17-8-5-13)10-15(20-12)18-11-16(2)6-3-9-21-16/h10,13,17H,3-9,11H2,1-2H3,(H,18,19,20)/t16-/m0/s1. The van der Waals surface area contributed by atoms with Crippen molar-refractivity contribution in [2.45, 2.75) is 51.0 Å². The second kappa shape index (κ2) is 6.28. The Bertz CT molecular complexity index is 479. The van der Waals surface area contributed by atoms with E-state index in [2.05, 4.69) is 33.6 Å². The first-order valence-corrected chi connectivity index (χ1v) is 8.09. The number of piperidine rings is 1. The lowest BCUT2D eigenvalue weighted by atomic mass is 9.94. The highest BCUT2D eigenvalue weighted by Crippen LogP contribution is 2.27. The lowest BCUT2D eigenvalue weighted by Gasteiger charge is -2.25. The maximum atomic E-state index is 5.82. The van der Waals surface area contributed by atoms with Crippen molar-refractivity contribution in [3.63, 3.8) is 0 Å². The number of aryl methyl sites for hydroxylation is 1. The smallest absolute Gasteiger partial charge is 0.130 e. The molecule has 5 nitrogen and oxygen atoms in total. The van der Waals surface area contributed by atoms with Gasteiger partial charge in [-0.25, -0.2) is 9.97 Å². The number of nitrogens with one attached hydrogen (secondary N) is 2. The predicted octanol–water partition coefficient (Wildman–Crippen LogP) is 2.23. The third kappa shape index (κ3) is 3.71. The van der Waals surface area contributed by atoms with Gasteiger partial charge in [0.2, 0.25) is 0 Å². The molecule has 1 aromatic heterocycles. The van der Waals surface area contributed by atoms with Crippen molar-refractivity contribution in [1.29, 1.82) is 0 Å². The summed E-state index contributed by atoms with van der Waals surface area (Å²) in [6, 6.07) is 2.13. The summed E-state index contributed by atoms with van der Waals surface area (Å²) >= 11 is 0. The first-order valence-electron chi connectivity index (χ1n) is 8.09. The zero-order chi connectivity index (χ0) is 14.7. The van der Waals surface area contributed by atoms with Crippen LogP contribution in [0.1, 0.15) is 50.0 Å². The van der Waals surface area contributed by atoms with E-state index in [0.717, 1.165) is 63.6 Å². The number of hydrogen-bond donors (Lipinski definition) is 2. The molecule has 2 saturated heterocycles. The highest BCUT2D eigenvalue weighted by molar-refractivity contribution is 5.37. The summed E-state index contributed by atoms with van der Waals surface area (Å²) in [5, 5.41) is 6.86. The summed E-state index contributed by atoms with van der Waals surface area (Å²) in [7, 11) is 0. The highest BCUT2D eigenvalue weighted by atomic mass is 16.5. The largest absolute Gasteiger partial charge is 0.373 e. The van der Waals surface area contributed by atoms with Crippen molar-refractivity contribution in [2.75, 3.05) is 31.6 Å². The first kappa shape index (κ1) is 14.7. The zero-order valence-electron chi connectivity index (χ0n) is 13.1. The minimum Gasteiger partial charge on any atom is -0.373 e. The number of rotatable bonds is 4. The molecule has 5 heteroatoms. The van der Waals surface area contributed by atoms with Gasteiger partial charge in [0.1, 0.15) is 11.6 Å². The van der Waals surface area contributed by atoms with Crippen molar-refractivity contribution in [1.82, 2.24) is 15.3 Å². The second-order valence-corrected chi connectivity index (χ2v) is 6.51. The van der Waals surface area contributed by atoms with Gasteiger partial charge >= 0.3 is 0 Å². The Kier molecular flexibility index (Phi) is 4.40. The van der Waals surface area contributed by atoms with E-state index in [9.17, 15) is 0 Å². The first-order chi connectivity index (χ1) is 10.1. The fraction of sp³-hybridized carbons (Fsp3) is 0.750. The molecule has 3 rings (SSSR count). The fourth-order valence-corrected chi connectivity index (χ4v) is 3.26. The molecule has 116 valence electrons. The summed E-state index contributed by atoms with van der Waals surface area (Å²) < 4.78 is 5.82. The molecular weight excluding hydrogens is 264 g/mol. The molecule has 2 N–H and O–H groups in total. The Morgan fingerprint density at radius 2 is 2.19 bits per heavy atom. The number of hydrogen-bond acceptors (Lipinski definition) is 5. The Labute approximate surface area is 126 Å². The molecular formula is C16H26N4O. The van der Waals surface area contributed by atoms with Crippen molar-refractivity contribution in [3.05, 3.63) is 17.6 Å². The average Bonchev–Trinajstić information content (AvgIpc) is 2.93. The average molecular weight is 290 g/mol. The zero-order valence-corrected chi connectivity index (χ0v) is 13.1. The Morgan fingerprint density at radius 1 is 1.38 bits per heavy atom. The van der Waals surface area contributed by atoms with Crippen LogP contribution in [0.5, 0.6) is 0 Å². The maximum absolute atomic E-state index is 5.82. The van der Waals surface area contributed by atoms with Gasteiger partial charge in [-0.2, -0.15) is 0 Å². The van der Waals surface area contributed by atoms with Crippen molar-refractivity contribution in [2.24, 2.45) is 0 Å². The van der Waals surface area contributed by atoms with Crippen LogP contribution in [-0.4, -0.2) is 41.8 Å². The number of ether oxygens (including phenoxy) is 1. The van der Waals surface area contributed by atoms with Crippen molar-refractivity contribution >= 4 is 5.82 Å². The van der Waals surface area contributed by atoms with Crippen LogP contribution in [0.2, 0.25) is 0 Å². The Hall–Kier alpha value is -1.20. The van der Waals surface area contributed by atoms with E-state index in [1.165, 1.54) is 5.69 Å². The molecule has 0 radical (unpaired) electrons. The van der Waals surface area contributed by atoms with Crippen LogP contribution < -0.4 is 10.6 Å². The molecule has 0 aromatic carbocycles. The van der Waals surface area contributed by atoms with Crippen molar-refractivity contribution in [3.8, 4) is 0 Å². The van der Waals surface area contributed by atoms with Gasteiger partial charge in [-0.15, -0.1) is 0 Å². The summed E-state index contributed by atoms with van der Waals surface area (Å²) in [4.78, 5) is 9.17. The highest BCUT2D eigenvalue weighted by Gasteiger charge is 2.29. The van der Waals surface area contributed by atoms with Crippen LogP contribution in [0.15, 0.2) is 6.07 Å². The quantitative estimate of drug-likeness (QED) is 0.890. The van der Waals surface area contributed by atoms with Gasteiger partial charge in [-0.1, -0.05) is 0 Å². The molecule has 0 aliphatic carbocycles. The van der Waals surface area contributed by atoms with E-state index in [4.69, 9.17) is 4.74 Å². The van der Waals surface area contributed by atoms with Crippen molar-refractivity contribution < 1.29 is 4.74 Å². The van der Waals surface area contributed by atoms with Gasteiger partial charge in [0.25, 0.3) is 0 Å². The molecule has 0 amide bonds. The topological polar surface area (TPSA) is 59.1 Å². The third-order valence-corrected chi connectivity index (χ3v) is 4.56. The van der Waals surface area contributed by atoms with Gasteiger partial charge in [-0.3, -0.25) is 0 Å². The Morgan fingerprint density at radius 3 is 2.90 bits per heavy atom. The third-order valence-electron chi connectivity index (χ3n) is 4.56. The van der Waals surface area contributed by atoms with Crippen LogP contribution in [0.4, 0.5) is 5.82 Å². The van der Waals surface area contributed by atoms with E-state index in [1.54, 1.807) is 0 Å². The Balaban J connectivity index is 1.68. The fourth-order valence-electron chi connectivity index (χ4n) is 3.26. The molecule has 0 saturated carbocycles. The van der Waals surface area contributed by atoms with Crippen LogP contribution in [0.25, 0.3) is 0 Å².